The van der Waals surface area contributed by atoms with Crippen molar-refractivity contribution >= 4 is 17.3 Å². The Morgan fingerprint density at radius 1 is 1.09 bits per heavy atom. The Bertz CT molecular complexity index is 736. The van der Waals surface area contributed by atoms with Gasteiger partial charge in [-0.1, -0.05) is 30.3 Å². The van der Waals surface area contributed by atoms with E-state index >= 15 is 0 Å². The maximum atomic E-state index is 13.5. The molecule has 0 spiro atoms. The largest absolute Gasteiger partial charge is 0.349 e. The van der Waals surface area contributed by atoms with Crippen molar-refractivity contribution in [3.8, 4) is 0 Å². The minimum atomic E-state index is -2.97. The van der Waals surface area contributed by atoms with Crippen molar-refractivity contribution in [2.45, 2.75) is 19.0 Å². The molecule has 0 bridgehead atoms. The van der Waals surface area contributed by atoms with Gasteiger partial charge >= 0.3 is 0 Å². The summed E-state index contributed by atoms with van der Waals surface area (Å²) in [4.78, 5) is 13.0. The molecule has 1 aliphatic rings. The van der Waals surface area contributed by atoms with Gasteiger partial charge in [-0.3, -0.25) is 4.79 Å². The summed E-state index contributed by atoms with van der Waals surface area (Å²) >= 11 is 0. The van der Waals surface area contributed by atoms with E-state index in [0.29, 0.717) is 5.56 Å². The van der Waals surface area contributed by atoms with Crippen molar-refractivity contribution < 1.29 is 22.4 Å². The molecule has 7 heteroatoms. The zero-order chi connectivity index (χ0) is 16.6. The zero-order valence-corrected chi connectivity index (χ0v) is 11.8. The minimum Gasteiger partial charge on any atom is -0.349 e. The van der Waals surface area contributed by atoms with Gasteiger partial charge in [0.25, 0.3) is 12.3 Å². The molecule has 1 amide bonds. The fraction of sp³-hybridized carbons (Fsp3) is 0.188. The lowest BCUT2D eigenvalue weighted by atomic mass is 10.1. The lowest BCUT2D eigenvalue weighted by Gasteiger charge is -2.37. The third-order valence-electron chi connectivity index (χ3n) is 3.64. The van der Waals surface area contributed by atoms with E-state index in [-0.39, 0.29) is 17.9 Å². The van der Waals surface area contributed by atoms with Crippen molar-refractivity contribution in [3.05, 3.63) is 59.7 Å². The standard InChI is InChI=1S/C16H12F4N2O/c17-10-6-12-13(7-11(10)18)22(8-9-4-2-1-3-5-9)14(15(19)20)16(23)21-12/h1-7,14-15H,8H2,(H,21,23). The number of alkyl halides is 2. The van der Waals surface area contributed by atoms with E-state index in [4.69, 9.17) is 0 Å². The number of hydrogen-bond acceptors (Lipinski definition) is 2. The third-order valence-corrected chi connectivity index (χ3v) is 3.64. The number of hydrogen-bond donors (Lipinski definition) is 1. The molecule has 0 radical (unpaired) electrons. The summed E-state index contributed by atoms with van der Waals surface area (Å²) in [7, 11) is 0. The highest BCUT2D eigenvalue weighted by Crippen LogP contribution is 2.36. The molecule has 0 aliphatic carbocycles. The van der Waals surface area contributed by atoms with Crippen LogP contribution in [0.4, 0.5) is 28.9 Å². The van der Waals surface area contributed by atoms with Crippen LogP contribution < -0.4 is 10.2 Å². The summed E-state index contributed by atoms with van der Waals surface area (Å²) < 4.78 is 53.5. The summed E-state index contributed by atoms with van der Waals surface area (Å²) in [5, 5.41) is 2.21. The molecule has 23 heavy (non-hydrogen) atoms. The van der Waals surface area contributed by atoms with Crippen molar-refractivity contribution in [3.63, 3.8) is 0 Å². The normalized spacial score (nSPS) is 17.2. The summed E-state index contributed by atoms with van der Waals surface area (Å²) in [6.07, 6.45) is -2.97. The van der Waals surface area contributed by atoms with Gasteiger partial charge in [0, 0.05) is 18.7 Å². The first-order valence-corrected chi connectivity index (χ1v) is 6.86. The van der Waals surface area contributed by atoms with Crippen LogP contribution in [0.25, 0.3) is 0 Å². The van der Waals surface area contributed by atoms with E-state index in [1.54, 1.807) is 30.3 Å². The predicted molar refractivity (Wildman–Crippen MR) is 77.4 cm³/mol. The molecule has 1 aliphatic heterocycles. The molecule has 120 valence electrons. The number of benzene rings is 2. The number of anilines is 2. The topological polar surface area (TPSA) is 32.3 Å². The number of amides is 1. The molecule has 1 unspecified atom stereocenters. The van der Waals surface area contributed by atoms with E-state index < -0.39 is 30.0 Å². The van der Waals surface area contributed by atoms with Crippen LogP contribution >= 0.6 is 0 Å². The highest BCUT2D eigenvalue weighted by molar-refractivity contribution is 6.03. The van der Waals surface area contributed by atoms with Gasteiger partial charge in [0.05, 0.1) is 11.4 Å². The third kappa shape index (κ3) is 2.86. The van der Waals surface area contributed by atoms with Crippen molar-refractivity contribution in [1.29, 1.82) is 0 Å². The second-order valence-corrected chi connectivity index (χ2v) is 5.17. The van der Waals surface area contributed by atoms with Gasteiger partial charge in [-0.2, -0.15) is 0 Å². The fourth-order valence-corrected chi connectivity index (χ4v) is 2.59. The van der Waals surface area contributed by atoms with Gasteiger partial charge in [-0.15, -0.1) is 0 Å². The van der Waals surface area contributed by atoms with Gasteiger partial charge in [0.1, 0.15) is 0 Å². The maximum Gasteiger partial charge on any atom is 0.267 e. The van der Waals surface area contributed by atoms with Crippen LogP contribution in [0.3, 0.4) is 0 Å². The van der Waals surface area contributed by atoms with E-state index in [2.05, 4.69) is 5.32 Å². The molecule has 1 atom stereocenters. The lowest BCUT2D eigenvalue weighted by Crippen LogP contribution is -2.51. The number of carbonyl (C=O) groups excluding carboxylic acids is 1. The first-order chi connectivity index (χ1) is 11.0. The van der Waals surface area contributed by atoms with Crippen molar-refractivity contribution in [1.82, 2.24) is 0 Å². The molecule has 0 saturated heterocycles. The van der Waals surface area contributed by atoms with Gasteiger partial charge < -0.3 is 10.2 Å². The fourth-order valence-electron chi connectivity index (χ4n) is 2.59. The molecule has 2 aromatic rings. The number of halogens is 4. The van der Waals surface area contributed by atoms with Crippen LogP contribution in [-0.4, -0.2) is 18.4 Å². The monoisotopic (exact) mass is 324 g/mol. The zero-order valence-electron chi connectivity index (χ0n) is 11.8. The number of nitrogens with zero attached hydrogens (tertiary/aromatic N) is 1. The Morgan fingerprint density at radius 2 is 1.74 bits per heavy atom. The molecule has 2 aromatic carbocycles. The summed E-state index contributed by atoms with van der Waals surface area (Å²) in [5.74, 6) is -3.26. The van der Waals surface area contributed by atoms with Crippen molar-refractivity contribution in [2.75, 3.05) is 10.2 Å². The Hall–Kier alpha value is -2.57. The second kappa shape index (κ2) is 5.91. The number of carbonyl (C=O) groups is 1. The molecular weight excluding hydrogens is 312 g/mol. The molecule has 0 saturated carbocycles. The molecule has 0 aromatic heterocycles. The first-order valence-electron chi connectivity index (χ1n) is 6.86. The Labute approximate surface area is 129 Å². The van der Waals surface area contributed by atoms with Gasteiger partial charge in [-0.05, 0) is 5.56 Å². The number of nitrogens with one attached hydrogen (secondary N) is 1. The molecule has 3 rings (SSSR count). The van der Waals surface area contributed by atoms with Crippen LogP contribution in [0.15, 0.2) is 42.5 Å². The lowest BCUT2D eigenvalue weighted by molar-refractivity contribution is -0.120. The van der Waals surface area contributed by atoms with E-state index in [1.165, 1.54) is 0 Å². The van der Waals surface area contributed by atoms with Crippen LogP contribution in [0, 0.1) is 11.6 Å². The quantitative estimate of drug-likeness (QED) is 0.876. The molecule has 1 N–H and O–H groups in total. The van der Waals surface area contributed by atoms with E-state index in [1.807, 2.05) is 0 Å². The van der Waals surface area contributed by atoms with E-state index in [9.17, 15) is 22.4 Å². The predicted octanol–water partition coefficient (Wildman–Crippen LogP) is 3.56. The summed E-state index contributed by atoms with van der Waals surface area (Å²) in [6.45, 7) is -0.0264. The smallest absolute Gasteiger partial charge is 0.267 e. The van der Waals surface area contributed by atoms with Crippen molar-refractivity contribution in [2.24, 2.45) is 0 Å². The highest BCUT2D eigenvalue weighted by Gasteiger charge is 2.40. The summed E-state index contributed by atoms with van der Waals surface area (Å²) in [5.41, 5.74) is 0.669. The molecule has 1 heterocycles. The Balaban J connectivity index is 2.08. The second-order valence-electron chi connectivity index (χ2n) is 5.17. The highest BCUT2D eigenvalue weighted by atomic mass is 19.3. The van der Waals surface area contributed by atoms with Crippen LogP contribution in [0.5, 0.6) is 0 Å². The number of rotatable bonds is 3. The van der Waals surface area contributed by atoms with Crippen LogP contribution in [0.2, 0.25) is 0 Å². The SMILES string of the molecule is O=C1Nc2cc(F)c(F)cc2N(Cc2ccccc2)C1C(F)F. The Kier molecular flexibility index (Phi) is 3.94. The first kappa shape index (κ1) is 15.3. The van der Waals surface area contributed by atoms with Gasteiger partial charge in [0.2, 0.25) is 0 Å². The minimum absolute atomic E-state index is 0.0256. The van der Waals surface area contributed by atoms with E-state index in [0.717, 1.165) is 17.0 Å². The average molecular weight is 324 g/mol. The Morgan fingerprint density at radius 3 is 2.39 bits per heavy atom. The van der Waals surface area contributed by atoms with Gasteiger partial charge in [-0.25, -0.2) is 17.6 Å². The van der Waals surface area contributed by atoms with Crippen LogP contribution in [0.1, 0.15) is 5.56 Å². The number of fused-ring (bicyclic) bond motifs is 1. The maximum absolute atomic E-state index is 13.5. The van der Waals surface area contributed by atoms with Gasteiger partial charge in [0.15, 0.2) is 17.7 Å². The molecule has 0 fully saturated rings. The molecular formula is C16H12F4N2O. The van der Waals surface area contributed by atoms with Crippen LogP contribution in [-0.2, 0) is 11.3 Å². The molecule has 3 nitrogen and oxygen atoms in total. The average Bonchev–Trinajstić information content (AvgIpc) is 2.50. The summed E-state index contributed by atoms with van der Waals surface area (Å²) in [6, 6.07) is 8.46.